The molecular formula is C15H18BrN. The maximum absolute atomic E-state index is 3.51. The number of hydrogen-bond donors (Lipinski definition) is 1. The van der Waals surface area contributed by atoms with Gasteiger partial charge in [0.15, 0.2) is 0 Å². The summed E-state index contributed by atoms with van der Waals surface area (Å²) in [7, 11) is 0. The normalized spacial score (nSPS) is 10.9. The van der Waals surface area contributed by atoms with Crippen molar-refractivity contribution in [2.24, 2.45) is 0 Å². The van der Waals surface area contributed by atoms with Gasteiger partial charge in [-0.25, -0.2) is 0 Å². The van der Waals surface area contributed by atoms with Crippen LogP contribution in [0.1, 0.15) is 18.4 Å². The highest BCUT2D eigenvalue weighted by molar-refractivity contribution is 9.09. The molecule has 0 fully saturated rings. The Kier molecular flexibility index (Phi) is 5.02. The quantitative estimate of drug-likeness (QED) is 0.624. The van der Waals surface area contributed by atoms with E-state index in [0.29, 0.717) is 0 Å². The zero-order valence-electron chi connectivity index (χ0n) is 9.95. The highest BCUT2D eigenvalue weighted by Crippen LogP contribution is 2.18. The number of fused-ring (bicyclic) bond motifs is 1. The number of alkyl halides is 1. The first-order valence-electron chi connectivity index (χ1n) is 6.15. The van der Waals surface area contributed by atoms with Gasteiger partial charge < -0.3 is 5.32 Å². The summed E-state index contributed by atoms with van der Waals surface area (Å²) in [4.78, 5) is 0. The summed E-state index contributed by atoms with van der Waals surface area (Å²) in [5.41, 5.74) is 1.39. The predicted octanol–water partition coefficient (Wildman–Crippen LogP) is 4.10. The summed E-state index contributed by atoms with van der Waals surface area (Å²) in [6, 6.07) is 15.1. The lowest BCUT2D eigenvalue weighted by Crippen LogP contribution is -2.14. The lowest BCUT2D eigenvalue weighted by molar-refractivity contribution is 0.646. The zero-order chi connectivity index (χ0) is 11.9. The molecule has 0 bridgehead atoms. The van der Waals surface area contributed by atoms with Crippen LogP contribution in [0.25, 0.3) is 10.8 Å². The van der Waals surface area contributed by atoms with Gasteiger partial charge in [-0.1, -0.05) is 58.4 Å². The second-order valence-corrected chi connectivity index (χ2v) is 5.00. The summed E-state index contributed by atoms with van der Waals surface area (Å²) in [5, 5.41) is 7.30. The Hall–Kier alpha value is -0.860. The number of nitrogens with one attached hydrogen (secondary N) is 1. The molecule has 1 N–H and O–H groups in total. The molecule has 0 aliphatic carbocycles. The first-order chi connectivity index (χ1) is 8.42. The molecule has 2 aromatic rings. The molecule has 1 nitrogen and oxygen atoms in total. The monoisotopic (exact) mass is 291 g/mol. The number of benzene rings is 2. The lowest BCUT2D eigenvalue weighted by atomic mass is 10.0. The van der Waals surface area contributed by atoms with E-state index in [9.17, 15) is 0 Å². The van der Waals surface area contributed by atoms with Crippen molar-refractivity contribution in [2.45, 2.75) is 19.4 Å². The summed E-state index contributed by atoms with van der Waals surface area (Å²) < 4.78 is 0. The van der Waals surface area contributed by atoms with E-state index in [1.807, 2.05) is 0 Å². The van der Waals surface area contributed by atoms with Crippen molar-refractivity contribution in [3.8, 4) is 0 Å². The van der Waals surface area contributed by atoms with Crippen molar-refractivity contribution in [1.82, 2.24) is 5.32 Å². The van der Waals surface area contributed by atoms with Crippen molar-refractivity contribution in [2.75, 3.05) is 11.9 Å². The van der Waals surface area contributed by atoms with Crippen LogP contribution in [0.5, 0.6) is 0 Å². The van der Waals surface area contributed by atoms with Crippen molar-refractivity contribution >= 4 is 26.7 Å². The fourth-order valence-corrected chi connectivity index (χ4v) is 2.41. The van der Waals surface area contributed by atoms with E-state index in [1.54, 1.807) is 0 Å². The summed E-state index contributed by atoms with van der Waals surface area (Å²) >= 11 is 3.45. The minimum absolute atomic E-state index is 0.962. The molecule has 0 atom stereocenters. The number of rotatable bonds is 6. The van der Waals surface area contributed by atoms with Crippen molar-refractivity contribution in [3.63, 3.8) is 0 Å². The molecule has 0 saturated heterocycles. The largest absolute Gasteiger partial charge is 0.313 e. The average molecular weight is 292 g/mol. The highest BCUT2D eigenvalue weighted by atomic mass is 79.9. The van der Waals surface area contributed by atoms with Crippen LogP contribution in [-0.4, -0.2) is 11.9 Å². The molecule has 0 saturated carbocycles. The van der Waals surface area contributed by atoms with Crippen molar-refractivity contribution in [1.29, 1.82) is 0 Å². The molecule has 0 amide bonds. The van der Waals surface area contributed by atoms with E-state index in [0.717, 1.165) is 18.4 Å². The van der Waals surface area contributed by atoms with Crippen molar-refractivity contribution < 1.29 is 0 Å². The number of unbranched alkanes of at least 4 members (excludes halogenated alkanes) is 1. The third-order valence-corrected chi connectivity index (χ3v) is 3.49. The van der Waals surface area contributed by atoms with Crippen LogP contribution in [0, 0.1) is 0 Å². The molecule has 0 aliphatic rings. The van der Waals surface area contributed by atoms with Gasteiger partial charge in [0.05, 0.1) is 0 Å². The number of halogens is 1. The standard InChI is InChI=1S/C15H18BrN/c16-10-3-4-11-17-12-14-8-5-7-13-6-1-2-9-15(13)14/h1-2,5-9,17H,3-4,10-12H2. The first-order valence-corrected chi connectivity index (χ1v) is 7.27. The van der Waals surface area contributed by atoms with Gasteiger partial charge in [-0.05, 0) is 35.7 Å². The zero-order valence-corrected chi connectivity index (χ0v) is 11.5. The summed E-state index contributed by atoms with van der Waals surface area (Å²) in [6.07, 6.45) is 2.47. The van der Waals surface area contributed by atoms with Gasteiger partial charge >= 0.3 is 0 Å². The third kappa shape index (κ3) is 3.55. The molecular weight excluding hydrogens is 274 g/mol. The van der Waals surface area contributed by atoms with Crippen LogP contribution >= 0.6 is 15.9 Å². The molecule has 0 aliphatic heterocycles. The first kappa shape index (κ1) is 12.6. The lowest BCUT2D eigenvalue weighted by Gasteiger charge is -2.07. The molecule has 90 valence electrons. The van der Waals surface area contributed by atoms with Crippen molar-refractivity contribution in [3.05, 3.63) is 48.0 Å². The van der Waals surface area contributed by atoms with Crippen LogP contribution < -0.4 is 5.32 Å². The Morgan fingerprint density at radius 2 is 1.76 bits per heavy atom. The molecule has 2 aromatic carbocycles. The highest BCUT2D eigenvalue weighted by Gasteiger charge is 1.99. The van der Waals surface area contributed by atoms with Gasteiger partial charge in [-0.2, -0.15) is 0 Å². The van der Waals surface area contributed by atoms with E-state index >= 15 is 0 Å². The van der Waals surface area contributed by atoms with Gasteiger partial charge in [-0.3, -0.25) is 0 Å². The van der Waals surface area contributed by atoms with E-state index < -0.39 is 0 Å². The van der Waals surface area contributed by atoms with Gasteiger partial charge in [0.25, 0.3) is 0 Å². The van der Waals surface area contributed by atoms with Crippen LogP contribution in [0.2, 0.25) is 0 Å². The Labute approximate surface area is 111 Å². The minimum Gasteiger partial charge on any atom is -0.313 e. The molecule has 0 heterocycles. The second kappa shape index (κ2) is 6.77. The smallest absolute Gasteiger partial charge is 0.0211 e. The summed E-state index contributed by atoms with van der Waals surface area (Å²) in [6.45, 7) is 2.05. The maximum atomic E-state index is 3.51. The Morgan fingerprint density at radius 1 is 0.941 bits per heavy atom. The van der Waals surface area contributed by atoms with Gasteiger partial charge in [0.1, 0.15) is 0 Å². The Bertz CT molecular complexity index is 462. The van der Waals surface area contributed by atoms with Crippen LogP contribution in [0.3, 0.4) is 0 Å². The molecule has 2 heteroatoms. The van der Waals surface area contributed by atoms with E-state index in [2.05, 4.69) is 63.7 Å². The molecule has 0 radical (unpaired) electrons. The SMILES string of the molecule is BrCCCCNCc1cccc2ccccc12. The van der Waals surface area contributed by atoms with Gasteiger partial charge in [-0.15, -0.1) is 0 Å². The second-order valence-electron chi connectivity index (χ2n) is 4.21. The maximum Gasteiger partial charge on any atom is 0.0211 e. The predicted molar refractivity (Wildman–Crippen MR) is 78.7 cm³/mol. The fourth-order valence-electron chi connectivity index (χ4n) is 2.01. The molecule has 17 heavy (non-hydrogen) atoms. The van der Waals surface area contributed by atoms with E-state index in [-0.39, 0.29) is 0 Å². The van der Waals surface area contributed by atoms with Gasteiger partial charge in [0, 0.05) is 11.9 Å². The van der Waals surface area contributed by atoms with E-state index in [1.165, 1.54) is 29.2 Å². The third-order valence-electron chi connectivity index (χ3n) is 2.93. The van der Waals surface area contributed by atoms with Crippen LogP contribution in [-0.2, 0) is 6.54 Å². The van der Waals surface area contributed by atoms with Gasteiger partial charge in [0.2, 0.25) is 0 Å². The number of hydrogen-bond acceptors (Lipinski definition) is 1. The minimum atomic E-state index is 0.962. The molecule has 0 spiro atoms. The topological polar surface area (TPSA) is 12.0 Å². The molecule has 0 unspecified atom stereocenters. The van der Waals surface area contributed by atoms with E-state index in [4.69, 9.17) is 0 Å². The molecule has 0 aromatic heterocycles. The average Bonchev–Trinajstić information content (AvgIpc) is 2.39. The molecule has 2 rings (SSSR count). The Balaban J connectivity index is 1.98. The Morgan fingerprint density at radius 3 is 2.65 bits per heavy atom. The van der Waals surface area contributed by atoms with Crippen LogP contribution in [0.15, 0.2) is 42.5 Å². The fraction of sp³-hybridized carbons (Fsp3) is 0.333. The van der Waals surface area contributed by atoms with Crippen LogP contribution in [0.4, 0.5) is 0 Å². The summed E-state index contributed by atoms with van der Waals surface area (Å²) in [5.74, 6) is 0.